The Bertz CT molecular complexity index is 631. The summed E-state index contributed by atoms with van der Waals surface area (Å²) in [4.78, 5) is 23.4. The molecule has 0 fully saturated rings. The number of aromatic nitrogens is 1. The Kier molecular flexibility index (Phi) is 2.93. The van der Waals surface area contributed by atoms with Crippen molar-refractivity contribution in [2.45, 2.75) is 6.54 Å². The number of amides is 1. The predicted octanol–water partition coefficient (Wildman–Crippen LogP) is 0.0927. The number of nitrogens with zero attached hydrogens (tertiary/aromatic N) is 1. The lowest BCUT2D eigenvalue weighted by Crippen LogP contribution is -2.30. The van der Waals surface area contributed by atoms with Crippen LogP contribution in [0.5, 0.6) is 0 Å². The van der Waals surface area contributed by atoms with E-state index in [1.54, 1.807) is 30.3 Å². The molecule has 1 aromatic carbocycles. The molecule has 1 heterocycles. The summed E-state index contributed by atoms with van der Waals surface area (Å²) in [5.74, 6) is -0.679. The maximum Gasteiger partial charge on any atom is 0.265 e. The van der Waals surface area contributed by atoms with Crippen LogP contribution in [0.15, 0.2) is 35.1 Å². The van der Waals surface area contributed by atoms with Gasteiger partial charge in [0.2, 0.25) is 0 Å². The first-order valence-electron chi connectivity index (χ1n) is 5.18. The number of fused-ring (bicyclic) bond motifs is 1. The Morgan fingerprint density at radius 2 is 2.06 bits per heavy atom. The van der Waals surface area contributed by atoms with Gasteiger partial charge in [0.1, 0.15) is 5.69 Å². The summed E-state index contributed by atoms with van der Waals surface area (Å²) < 4.78 is 1.20. The van der Waals surface area contributed by atoms with Crippen LogP contribution in [0.2, 0.25) is 0 Å². The number of rotatable bonds is 3. The molecule has 0 saturated carbocycles. The first kappa shape index (κ1) is 11.3. The molecule has 0 aliphatic rings. The van der Waals surface area contributed by atoms with Gasteiger partial charge in [0.15, 0.2) is 0 Å². The average Bonchev–Trinajstić information content (AvgIpc) is 2.32. The number of aliphatic hydroxyl groups is 1. The van der Waals surface area contributed by atoms with E-state index in [-0.39, 0.29) is 24.4 Å². The van der Waals surface area contributed by atoms with Gasteiger partial charge < -0.3 is 15.4 Å². The van der Waals surface area contributed by atoms with Gasteiger partial charge in [-0.15, -0.1) is 0 Å². The highest BCUT2D eigenvalue weighted by Crippen LogP contribution is 2.11. The third kappa shape index (κ3) is 1.92. The highest BCUT2D eigenvalue weighted by Gasteiger charge is 2.12. The Hall–Kier alpha value is -2.14. The van der Waals surface area contributed by atoms with E-state index in [9.17, 15) is 9.59 Å². The van der Waals surface area contributed by atoms with Gasteiger partial charge in [0.05, 0.1) is 6.61 Å². The van der Waals surface area contributed by atoms with Crippen molar-refractivity contribution >= 4 is 16.7 Å². The van der Waals surface area contributed by atoms with Gasteiger partial charge in [-0.05, 0) is 17.5 Å². The molecule has 5 heteroatoms. The first-order chi connectivity index (χ1) is 8.15. The average molecular weight is 232 g/mol. The fraction of sp³-hybridized carbons (Fsp3) is 0.167. The van der Waals surface area contributed by atoms with Gasteiger partial charge in [-0.2, -0.15) is 0 Å². The lowest BCUT2D eigenvalue weighted by molar-refractivity contribution is 0.0989. The molecule has 0 spiro atoms. The van der Waals surface area contributed by atoms with Crippen LogP contribution in [-0.2, 0) is 6.54 Å². The molecule has 1 aromatic heterocycles. The van der Waals surface area contributed by atoms with Crippen molar-refractivity contribution in [3.05, 3.63) is 46.4 Å². The van der Waals surface area contributed by atoms with Crippen LogP contribution in [0.1, 0.15) is 10.5 Å². The number of primary amides is 1. The fourth-order valence-corrected chi connectivity index (χ4v) is 1.82. The predicted molar refractivity (Wildman–Crippen MR) is 63.8 cm³/mol. The molecule has 2 rings (SSSR count). The second kappa shape index (κ2) is 4.39. The standard InChI is InChI=1S/C12H12N2O3/c13-11(16)10-7-8-3-1-2-4-9(8)12(17)14(10)5-6-15/h1-4,7,15H,5-6H2,(H2,13,16). The van der Waals surface area contributed by atoms with E-state index in [2.05, 4.69) is 0 Å². The molecule has 1 amide bonds. The third-order valence-corrected chi connectivity index (χ3v) is 2.60. The summed E-state index contributed by atoms with van der Waals surface area (Å²) in [6, 6.07) is 8.51. The topological polar surface area (TPSA) is 85.3 Å². The van der Waals surface area contributed by atoms with Crippen LogP contribution in [-0.4, -0.2) is 22.2 Å². The van der Waals surface area contributed by atoms with Crippen LogP contribution >= 0.6 is 0 Å². The number of aliphatic hydroxyl groups excluding tert-OH is 1. The molecule has 0 aliphatic carbocycles. The number of carbonyl (C=O) groups excluding carboxylic acids is 1. The zero-order valence-corrected chi connectivity index (χ0v) is 9.09. The molecule has 0 bridgehead atoms. The Labute approximate surface area is 97.1 Å². The van der Waals surface area contributed by atoms with E-state index in [0.29, 0.717) is 10.8 Å². The Balaban J connectivity index is 2.84. The van der Waals surface area contributed by atoms with Gasteiger partial charge in [-0.3, -0.25) is 9.59 Å². The van der Waals surface area contributed by atoms with E-state index in [1.807, 2.05) is 0 Å². The van der Waals surface area contributed by atoms with Crippen LogP contribution in [0.3, 0.4) is 0 Å². The van der Waals surface area contributed by atoms with Gasteiger partial charge in [-0.25, -0.2) is 0 Å². The van der Waals surface area contributed by atoms with Crippen LogP contribution in [0.4, 0.5) is 0 Å². The van der Waals surface area contributed by atoms with Crippen molar-refractivity contribution < 1.29 is 9.90 Å². The SMILES string of the molecule is NC(=O)c1cc2ccccc2c(=O)n1CCO. The molecule has 0 radical (unpaired) electrons. The second-order valence-corrected chi connectivity index (χ2v) is 3.66. The van der Waals surface area contributed by atoms with Crippen molar-refractivity contribution in [3.63, 3.8) is 0 Å². The normalized spacial score (nSPS) is 10.6. The van der Waals surface area contributed by atoms with Crippen LogP contribution < -0.4 is 11.3 Å². The molecular formula is C12H12N2O3. The molecule has 5 nitrogen and oxygen atoms in total. The highest BCUT2D eigenvalue weighted by atomic mass is 16.3. The summed E-state index contributed by atoms with van der Waals surface area (Å²) >= 11 is 0. The van der Waals surface area contributed by atoms with Crippen LogP contribution in [0.25, 0.3) is 10.8 Å². The van der Waals surface area contributed by atoms with E-state index in [1.165, 1.54) is 4.57 Å². The van der Waals surface area contributed by atoms with Crippen molar-refractivity contribution in [2.75, 3.05) is 6.61 Å². The minimum Gasteiger partial charge on any atom is -0.395 e. The smallest absolute Gasteiger partial charge is 0.265 e. The second-order valence-electron chi connectivity index (χ2n) is 3.66. The summed E-state index contributed by atoms with van der Waals surface area (Å²) in [5, 5.41) is 10.1. The summed E-state index contributed by atoms with van der Waals surface area (Å²) in [6.45, 7) is -0.166. The molecule has 3 N–H and O–H groups in total. The van der Waals surface area contributed by atoms with Gasteiger partial charge in [0.25, 0.3) is 11.5 Å². The monoisotopic (exact) mass is 232 g/mol. The molecular weight excluding hydrogens is 220 g/mol. The molecule has 0 saturated heterocycles. The molecule has 2 aromatic rings. The van der Waals surface area contributed by atoms with Crippen LogP contribution in [0, 0.1) is 0 Å². The number of benzene rings is 1. The summed E-state index contributed by atoms with van der Waals surface area (Å²) in [5.41, 5.74) is 5.02. The minimum absolute atomic E-state index is 0.0575. The fourth-order valence-electron chi connectivity index (χ4n) is 1.82. The molecule has 0 atom stereocenters. The zero-order chi connectivity index (χ0) is 12.4. The molecule has 0 aliphatic heterocycles. The number of hydrogen-bond acceptors (Lipinski definition) is 3. The lowest BCUT2D eigenvalue weighted by Gasteiger charge is -2.10. The van der Waals surface area contributed by atoms with Gasteiger partial charge in [-0.1, -0.05) is 18.2 Å². The Morgan fingerprint density at radius 3 is 2.71 bits per heavy atom. The maximum atomic E-state index is 12.1. The maximum absolute atomic E-state index is 12.1. The van der Waals surface area contributed by atoms with Crippen molar-refractivity contribution in [1.29, 1.82) is 0 Å². The number of nitrogens with two attached hydrogens (primary N) is 1. The van der Waals surface area contributed by atoms with Crippen molar-refractivity contribution in [1.82, 2.24) is 4.57 Å². The number of pyridine rings is 1. The van der Waals surface area contributed by atoms with Crippen molar-refractivity contribution in [3.8, 4) is 0 Å². The van der Waals surface area contributed by atoms with E-state index in [0.717, 1.165) is 0 Å². The first-order valence-corrected chi connectivity index (χ1v) is 5.18. The van der Waals surface area contributed by atoms with E-state index >= 15 is 0 Å². The Morgan fingerprint density at radius 1 is 1.35 bits per heavy atom. The summed E-state index contributed by atoms with van der Waals surface area (Å²) in [6.07, 6.45) is 0. The van der Waals surface area contributed by atoms with E-state index < -0.39 is 5.91 Å². The molecule has 0 unspecified atom stereocenters. The summed E-state index contributed by atoms with van der Waals surface area (Å²) in [7, 11) is 0. The van der Waals surface area contributed by atoms with E-state index in [4.69, 9.17) is 10.8 Å². The molecule has 17 heavy (non-hydrogen) atoms. The molecule has 88 valence electrons. The number of carbonyl (C=O) groups is 1. The van der Waals surface area contributed by atoms with Gasteiger partial charge in [0, 0.05) is 11.9 Å². The van der Waals surface area contributed by atoms with Crippen molar-refractivity contribution in [2.24, 2.45) is 5.73 Å². The zero-order valence-electron chi connectivity index (χ0n) is 9.09. The lowest BCUT2D eigenvalue weighted by atomic mass is 10.1. The largest absolute Gasteiger partial charge is 0.395 e. The van der Waals surface area contributed by atoms with Gasteiger partial charge >= 0.3 is 0 Å². The minimum atomic E-state index is -0.679. The highest BCUT2D eigenvalue weighted by molar-refractivity contribution is 5.95. The number of hydrogen-bond donors (Lipinski definition) is 2. The third-order valence-electron chi connectivity index (χ3n) is 2.60. The quantitative estimate of drug-likeness (QED) is 0.786.